The van der Waals surface area contributed by atoms with Gasteiger partial charge in [0.25, 0.3) is 0 Å². The molecular weight excluding hydrogens is 287 g/mol. The summed E-state index contributed by atoms with van der Waals surface area (Å²) >= 11 is 0. The van der Waals surface area contributed by atoms with E-state index in [-0.39, 0.29) is 5.82 Å². The second-order valence-electron chi connectivity index (χ2n) is 5.06. The Hall–Kier alpha value is -3.05. The predicted octanol–water partition coefficient (Wildman–Crippen LogP) is 4.90. The molecule has 0 aliphatic heterocycles. The summed E-state index contributed by atoms with van der Waals surface area (Å²) in [5, 5.41) is 0. The molecule has 0 aliphatic carbocycles. The number of benzene rings is 3. The molecule has 1 nitrogen and oxygen atoms in total. The molecule has 0 spiro atoms. The lowest BCUT2D eigenvalue weighted by Gasteiger charge is -2.03. The van der Waals surface area contributed by atoms with Crippen LogP contribution in [0.4, 0.5) is 4.39 Å². The lowest BCUT2D eigenvalue weighted by atomic mass is 10.0. The molecule has 0 N–H and O–H groups in total. The average molecular weight is 302 g/mol. The van der Waals surface area contributed by atoms with Crippen molar-refractivity contribution in [2.45, 2.75) is 0 Å². The van der Waals surface area contributed by atoms with E-state index in [9.17, 15) is 4.39 Å². The van der Waals surface area contributed by atoms with E-state index >= 15 is 0 Å². The van der Waals surface area contributed by atoms with Gasteiger partial charge in [0.1, 0.15) is 11.6 Å². The lowest BCUT2D eigenvalue weighted by molar-refractivity contribution is 0.415. The highest BCUT2D eigenvalue weighted by molar-refractivity contribution is 5.65. The highest BCUT2D eigenvalue weighted by Gasteiger charge is 1.98. The highest BCUT2D eigenvalue weighted by atomic mass is 19.1. The van der Waals surface area contributed by atoms with Crippen LogP contribution in [0.3, 0.4) is 0 Å². The summed E-state index contributed by atoms with van der Waals surface area (Å²) in [6.45, 7) is 0. The SMILES string of the molecule is COc1ccc(-c2ccc(C#Cc3ccc(F)cc3)cc2)cc1. The molecule has 0 heterocycles. The quantitative estimate of drug-likeness (QED) is 0.612. The van der Waals surface area contributed by atoms with Crippen LogP contribution in [-0.2, 0) is 0 Å². The van der Waals surface area contributed by atoms with Gasteiger partial charge in [-0.2, -0.15) is 0 Å². The average Bonchev–Trinajstić information content (AvgIpc) is 2.62. The zero-order chi connectivity index (χ0) is 16.1. The Morgan fingerprint density at radius 3 is 1.57 bits per heavy atom. The first kappa shape index (κ1) is 14.9. The van der Waals surface area contributed by atoms with Crippen molar-refractivity contribution in [1.29, 1.82) is 0 Å². The van der Waals surface area contributed by atoms with Gasteiger partial charge in [-0.15, -0.1) is 0 Å². The maximum Gasteiger partial charge on any atom is 0.123 e. The van der Waals surface area contributed by atoms with E-state index < -0.39 is 0 Å². The van der Waals surface area contributed by atoms with Gasteiger partial charge < -0.3 is 4.74 Å². The van der Waals surface area contributed by atoms with Crippen LogP contribution in [0.15, 0.2) is 72.8 Å². The molecule has 112 valence electrons. The van der Waals surface area contributed by atoms with Crippen molar-refractivity contribution in [2.75, 3.05) is 7.11 Å². The van der Waals surface area contributed by atoms with Crippen LogP contribution in [0.1, 0.15) is 11.1 Å². The van der Waals surface area contributed by atoms with Crippen LogP contribution in [0.2, 0.25) is 0 Å². The number of halogens is 1. The summed E-state index contributed by atoms with van der Waals surface area (Å²) in [5.41, 5.74) is 3.97. The fourth-order valence-electron chi connectivity index (χ4n) is 2.21. The Kier molecular flexibility index (Phi) is 4.40. The molecule has 0 bridgehead atoms. The van der Waals surface area contributed by atoms with Crippen molar-refractivity contribution in [3.05, 3.63) is 89.7 Å². The summed E-state index contributed by atoms with van der Waals surface area (Å²) in [6, 6.07) is 22.2. The monoisotopic (exact) mass is 302 g/mol. The third kappa shape index (κ3) is 3.78. The second kappa shape index (κ2) is 6.81. The van der Waals surface area contributed by atoms with Crippen LogP contribution in [0.25, 0.3) is 11.1 Å². The summed E-state index contributed by atoms with van der Waals surface area (Å²) < 4.78 is 18.0. The molecule has 3 rings (SSSR count). The van der Waals surface area contributed by atoms with Crippen molar-refractivity contribution >= 4 is 0 Å². The second-order valence-corrected chi connectivity index (χ2v) is 5.06. The molecule has 23 heavy (non-hydrogen) atoms. The van der Waals surface area contributed by atoms with Gasteiger partial charge >= 0.3 is 0 Å². The van der Waals surface area contributed by atoms with Gasteiger partial charge in [0.05, 0.1) is 7.11 Å². The van der Waals surface area contributed by atoms with Gasteiger partial charge in [-0.05, 0) is 59.7 Å². The summed E-state index contributed by atoms with van der Waals surface area (Å²) in [7, 11) is 1.66. The normalized spacial score (nSPS) is 9.83. The number of rotatable bonds is 2. The van der Waals surface area contributed by atoms with Gasteiger partial charge in [0.15, 0.2) is 0 Å². The Bertz CT molecular complexity index is 836. The third-order valence-corrected chi connectivity index (χ3v) is 3.50. The van der Waals surface area contributed by atoms with Gasteiger partial charge in [-0.3, -0.25) is 0 Å². The van der Waals surface area contributed by atoms with Crippen molar-refractivity contribution in [3.8, 4) is 28.7 Å². The van der Waals surface area contributed by atoms with Crippen LogP contribution in [0.5, 0.6) is 5.75 Å². The van der Waals surface area contributed by atoms with E-state index in [1.807, 2.05) is 48.5 Å². The Morgan fingerprint density at radius 1 is 0.652 bits per heavy atom. The fraction of sp³-hybridized carbons (Fsp3) is 0.0476. The van der Waals surface area contributed by atoms with E-state index in [4.69, 9.17) is 4.74 Å². The molecule has 0 atom stereocenters. The standard InChI is InChI=1S/C21H15FO/c1-23-21-14-10-19(11-15-21)18-8-4-16(5-9-18)2-3-17-6-12-20(22)13-7-17/h4-15H,1H3. The highest BCUT2D eigenvalue weighted by Crippen LogP contribution is 2.22. The molecule has 0 radical (unpaired) electrons. The maximum absolute atomic E-state index is 12.8. The third-order valence-electron chi connectivity index (χ3n) is 3.50. The molecule has 0 saturated heterocycles. The fourth-order valence-corrected chi connectivity index (χ4v) is 2.21. The van der Waals surface area contributed by atoms with Crippen LogP contribution < -0.4 is 4.74 Å². The Labute approximate surface area is 135 Å². The number of hydrogen-bond donors (Lipinski definition) is 0. The van der Waals surface area contributed by atoms with E-state index in [1.54, 1.807) is 19.2 Å². The molecule has 0 unspecified atom stereocenters. The zero-order valence-electron chi connectivity index (χ0n) is 12.7. The number of ether oxygens (including phenoxy) is 1. The summed E-state index contributed by atoms with van der Waals surface area (Å²) in [4.78, 5) is 0. The molecular formula is C21H15FO. The first-order valence-electron chi connectivity index (χ1n) is 7.27. The predicted molar refractivity (Wildman–Crippen MR) is 90.8 cm³/mol. The lowest BCUT2D eigenvalue weighted by Crippen LogP contribution is -1.83. The molecule has 0 saturated carbocycles. The molecule has 0 fully saturated rings. The van der Waals surface area contributed by atoms with E-state index in [0.29, 0.717) is 0 Å². The van der Waals surface area contributed by atoms with Gasteiger partial charge in [0.2, 0.25) is 0 Å². The largest absolute Gasteiger partial charge is 0.497 e. The van der Waals surface area contributed by atoms with E-state index in [1.165, 1.54) is 12.1 Å². The zero-order valence-corrected chi connectivity index (χ0v) is 12.7. The minimum Gasteiger partial charge on any atom is -0.497 e. The first-order chi connectivity index (χ1) is 11.2. The molecule has 3 aromatic rings. The number of hydrogen-bond acceptors (Lipinski definition) is 1. The molecule has 3 aromatic carbocycles. The minimum atomic E-state index is -0.251. The Balaban J connectivity index is 1.78. The van der Waals surface area contributed by atoms with Crippen LogP contribution >= 0.6 is 0 Å². The van der Waals surface area contributed by atoms with Crippen LogP contribution in [0, 0.1) is 17.7 Å². The van der Waals surface area contributed by atoms with E-state index in [2.05, 4.69) is 11.8 Å². The van der Waals surface area contributed by atoms with Crippen molar-refractivity contribution in [3.63, 3.8) is 0 Å². The first-order valence-corrected chi connectivity index (χ1v) is 7.27. The molecule has 0 amide bonds. The van der Waals surface area contributed by atoms with E-state index in [0.717, 1.165) is 28.0 Å². The van der Waals surface area contributed by atoms with Crippen LogP contribution in [-0.4, -0.2) is 7.11 Å². The van der Waals surface area contributed by atoms with Crippen molar-refractivity contribution in [1.82, 2.24) is 0 Å². The molecule has 0 aromatic heterocycles. The van der Waals surface area contributed by atoms with Gasteiger partial charge in [0, 0.05) is 11.1 Å². The maximum atomic E-state index is 12.8. The van der Waals surface area contributed by atoms with Crippen molar-refractivity contribution < 1.29 is 9.13 Å². The molecule has 0 aliphatic rings. The smallest absolute Gasteiger partial charge is 0.123 e. The summed E-state index contributed by atoms with van der Waals surface area (Å²) in [5.74, 6) is 6.71. The molecule has 2 heteroatoms. The topological polar surface area (TPSA) is 9.23 Å². The minimum absolute atomic E-state index is 0.251. The Morgan fingerprint density at radius 2 is 1.09 bits per heavy atom. The van der Waals surface area contributed by atoms with Gasteiger partial charge in [-0.1, -0.05) is 36.1 Å². The number of methoxy groups -OCH3 is 1. The van der Waals surface area contributed by atoms with Gasteiger partial charge in [-0.25, -0.2) is 4.39 Å². The summed E-state index contributed by atoms with van der Waals surface area (Å²) in [6.07, 6.45) is 0. The van der Waals surface area contributed by atoms with Crippen molar-refractivity contribution in [2.24, 2.45) is 0 Å².